The lowest BCUT2D eigenvalue weighted by molar-refractivity contribution is 0.390. The van der Waals surface area contributed by atoms with Crippen LogP contribution in [-0.4, -0.2) is 41.8 Å². The highest BCUT2D eigenvalue weighted by Gasteiger charge is 2.12. The van der Waals surface area contributed by atoms with Gasteiger partial charge in [0, 0.05) is 6.04 Å². The fourth-order valence-corrected chi connectivity index (χ4v) is 1.60. The van der Waals surface area contributed by atoms with E-state index in [1.165, 1.54) is 0 Å². The van der Waals surface area contributed by atoms with Crippen molar-refractivity contribution in [3.63, 3.8) is 0 Å². The first-order chi connectivity index (χ1) is 8.45. The first-order valence-corrected chi connectivity index (χ1v) is 6.11. The van der Waals surface area contributed by atoms with Crippen molar-refractivity contribution in [2.24, 2.45) is 0 Å². The number of aromatic nitrogens is 2. The van der Waals surface area contributed by atoms with Gasteiger partial charge in [-0.25, -0.2) is 0 Å². The summed E-state index contributed by atoms with van der Waals surface area (Å²) in [6.07, 6.45) is 0.993. The van der Waals surface area contributed by atoms with E-state index in [1.807, 2.05) is 27.9 Å². The zero-order valence-corrected chi connectivity index (χ0v) is 11.8. The van der Waals surface area contributed by atoms with E-state index < -0.39 is 0 Å². The molecule has 0 aromatic carbocycles. The molecule has 1 aromatic rings. The van der Waals surface area contributed by atoms with E-state index in [1.54, 1.807) is 0 Å². The molecule has 0 saturated carbocycles. The van der Waals surface area contributed by atoms with Gasteiger partial charge in [0.2, 0.25) is 0 Å². The Morgan fingerprint density at radius 1 is 1.33 bits per heavy atom. The fourth-order valence-electron chi connectivity index (χ4n) is 1.60. The third-order valence-corrected chi connectivity index (χ3v) is 2.96. The van der Waals surface area contributed by atoms with Crippen molar-refractivity contribution in [3.05, 3.63) is 16.8 Å². The van der Waals surface area contributed by atoms with E-state index in [0.29, 0.717) is 11.4 Å². The Balaban J connectivity index is 2.79. The standard InChI is InChI=1S/C13H21N5/c1-9(6-7-18(4)5)15-13-12(8-14)10(2)11(3)16-17-13/h9H,6-7H2,1-5H3,(H,15,17)/t9-/m0/s1. The molecule has 0 aliphatic carbocycles. The molecule has 1 N–H and O–H groups in total. The van der Waals surface area contributed by atoms with E-state index in [0.717, 1.165) is 24.2 Å². The van der Waals surface area contributed by atoms with Crippen LogP contribution in [0.25, 0.3) is 0 Å². The van der Waals surface area contributed by atoms with Crippen LogP contribution in [0.2, 0.25) is 0 Å². The number of hydrogen-bond donors (Lipinski definition) is 1. The summed E-state index contributed by atoms with van der Waals surface area (Å²) >= 11 is 0. The molecule has 0 unspecified atom stereocenters. The zero-order chi connectivity index (χ0) is 13.7. The van der Waals surface area contributed by atoms with Crippen molar-refractivity contribution in [2.75, 3.05) is 26.0 Å². The van der Waals surface area contributed by atoms with Crippen molar-refractivity contribution < 1.29 is 0 Å². The van der Waals surface area contributed by atoms with Crippen molar-refractivity contribution >= 4 is 5.82 Å². The lowest BCUT2D eigenvalue weighted by Crippen LogP contribution is -2.24. The summed E-state index contributed by atoms with van der Waals surface area (Å²) in [5.74, 6) is 0.590. The van der Waals surface area contributed by atoms with Crippen LogP contribution in [0.15, 0.2) is 0 Å². The van der Waals surface area contributed by atoms with Gasteiger partial charge < -0.3 is 10.2 Å². The molecule has 0 saturated heterocycles. The summed E-state index contributed by atoms with van der Waals surface area (Å²) < 4.78 is 0. The second-order valence-electron chi connectivity index (χ2n) is 4.88. The molecule has 0 amide bonds. The summed E-state index contributed by atoms with van der Waals surface area (Å²) in [4.78, 5) is 2.13. The Morgan fingerprint density at radius 2 is 2.00 bits per heavy atom. The molecule has 5 nitrogen and oxygen atoms in total. The first-order valence-electron chi connectivity index (χ1n) is 6.11. The van der Waals surface area contributed by atoms with Gasteiger partial charge >= 0.3 is 0 Å². The van der Waals surface area contributed by atoms with Gasteiger partial charge in [-0.05, 0) is 53.4 Å². The molecule has 5 heteroatoms. The zero-order valence-electron chi connectivity index (χ0n) is 11.8. The number of nitriles is 1. The Morgan fingerprint density at radius 3 is 2.56 bits per heavy atom. The molecular formula is C13H21N5. The average molecular weight is 247 g/mol. The highest BCUT2D eigenvalue weighted by Crippen LogP contribution is 2.18. The molecule has 0 radical (unpaired) electrons. The molecule has 1 rings (SSSR count). The van der Waals surface area contributed by atoms with Gasteiger partial charge in [0.05, 0.1) is 5.69 Å². The third kappa shape index (κ3) is 3.67. The highest BCUT2D eigenvalue weighted by molar-refractivity contribution is 5.56. The maximum Gasteiger partial charge on any atom is 0.167 e. The summed E-state index contributed by atoms with van der Waals surface area (Å²) in [7, 11) is 4.09. The van der Waals surface area contributed by atoms with E-state index in [-0.39, 0.29) is 6.04 Å². The van der Waals surface area contributed by atoms with Gasteiger partial charge in [0.25, 0.3) is 0 Å². The van der Waals surface area contributed by atoms with E-state index in [2.05, 4.69) is 33.4 Å². The minimum atomic E-state index is 0.260. The van der Waals surface area contributed by atoms with Crippen LogP contribution in [0.5, 0.6) is 0 Å². The largest absolute Gasteiger partial charge is 0.365 e. The van der Waals surface area contributed by atoms with Crippen molar-refractivity contribution in [1.29, 1.82) is 5.26 Å². The number of nitrogens with one attached hydrogen (secondary N) is 1. The van der Waals surface area contributed by atoms with Gasteiger partial charge in [-0.1, -0.05) is 0 Å². The third-order valence-electron chi connectivity index (χ3n) is 2.96. The van der Waals surface area contributed by atoms with Gasteiger partial charge in [-0.15, -0.1) is 5.10 Å². The van der Waals surface area contributed by atoms with Crippen LogP contribution >= 0.6 is 0 Å². The monoisotopic (exact) mass is 247 g/mol. The molecule has 1 aromatic heterocycles. The highest BCUT2D eigenvalue weighted by atomic mass is 15.2. The smallest absolute Gasteiger partial charge is 0.167 e. The Kier molecular flexibility index (Phi) is 5.05. The molecule has 0 spiro atoms. The lowest BCUT2D eigenvalue weighted by Gasteiger charge is -2.18. The second-order valence-corrected chi connectivity index (χ2v) is 4.88. The van der Waals surface area contributed by atoms with Crippen LogP contribution in [-0.2, 0) is 0 Å². The number of aryl methyl sites for hydroxylation is 1. The van der Waals surface area contributed by atoms with Crippen LogP contribution < -0.4 is 5.32 Å². The fraction of sp³-hybridized carbons (Fsp3) is 0.615. The molecule has 98 valence electrons. The maximum absolute atomic E-state index is 9.19. The summed E-state index contributed by atoms with van der Waals surface area (Å²) in [6, 6.07) is 2.46. The minimum absolute atomic E-state index is 0.260. The maximum atomic E-state index is 9.19. The Hall–Kier alpha value is -1.67. The molecule has 0 aliphatic heterocycles. The number of nitrogens with zero attached hydrogens (tertiary/aromatic N) is 4. The molecule has 18 heavy (non-hydrogen) atoms. The van der Waals surface area contributed by atoms with E-state index in [9.17, 15) is 5.26 Å². The summed E-state index contributed by atoms with van der Waals surface area (Å²) in [5, 5.41) is 20.6. The van der Waals surface area contributed by atoms with Gasteiger partial charge in [-0.3, -0.25) is 0 Å². The SMILES string of the molecule is Cc1nnc(N[C@@H](C)CCN(C)C)c(C#N)c1C. The molecule has 1 heterocycles. The van der Waals surface area contributed by atoms with Crippen molar-refractivity contribution in [1.82, 2.24) is 15.1 Å². The predicted octanol–water partition coefficient (Wildman–Crippen LogP) is 1.72. The first kappa shape index (κ1) is 14.4. The van der Waals surface area contributed by atoms with E-state index >= 15 is 0 Å². The van der Waals surface area contributed by atoms with Crippen LogP contribution in [0, 0.1) is 25.2 Å². The summed E-state index contributed by atoms with van der Waals surface area (Å²) in [5.41, 5.74) is 2.30. The normalized spacial score (nSPS) is 12.3. The number of rotatable bonds is 5. The number of anilines is 1. The summed E-state index contributed by atoms with van der Waals surface area (Å²) in [6.45, 7) is 6.84. The van der Waals surface area contributed by atoms with Crippen LogP contribution in [0.1, 0.15) is 30.2 Å². The Labute approximate surface area is 109 Å². The van der Waals surface area contributed by atoms with Crippen LogP contribution in [0.4, 0.5) is 5.82 Å². The van der Waals surface area contributed by atoms with E-state index in [4.69, 9.17) is 0 Å². The topological polar surface area (TPSA) is 64.8 Å². The van der Waals surface area contributed by atoms with Crippen molar-refractivity contribution in [3.8, 4) is 6.07 Å². The molecule has 0 bridgehead atoms. The van der Waals surface area contributed by atoms with Crippen LogP contribution in [0.3, 0.4) is 0 Å². The quantitative estimate of drug-likeness (QED) is 0.858. The van der Waals surface area contributed by atoms with Gasteiger partial charge in [-0.2, -0.15) is 10.4 Å². The molecule has 1 atom stereocenters. The predicted molar refractivity (Wildman–Crippen MR) is 72.5 cm³/mol. The van der Waals surface area contributed by atoms with Gasteiger partial charge in [0.1, 0.15) is 11.6 Å². The molecule has 0 fully saturated rings. The molecular weight excluding hydrogens is 226 g/mol. The Bertz CT molecular complexity index is 447. The number of hydrogen-bond acceptors (Lipinski definition) is 5. The van der Waals surface area contributed by atoms with Crippen molar-refractivity contribution in [2.45, 2.75) is 33.2 Å². The second kappa shape index (κ2) is 6.31. The average Bonchev–Trinajstić information content (AvgIpc) is 2.32. The van der Waals surface area contributed by atoms with Gasteiger partial charge in [0.15, 0.2) is 5.82 Å². The minimum Gasteiger partial charge on any atom is -0.365 e. The lowest BCUT2D eigenvalue weighted by atomic mass is 10.1. The molecule has 0 aliphatic rings.